The summed E-state index contributed by atoms with van der Waals surface area (Å²) in [6.45, 7) is 2.10. The summed E-state index contributed by atoms with van der Waals surface area (Å²) in [6, 6.07) is 10.6. The third kappa shape index (κ3) is 2.80. The van der Waals surface area contributed by atoms with Crippen LogP contribution in [-0.4, -0.2) is 21.5 Å². The summed E-state index contributed by atoms with van der Waals surface area (Å²) in [5.74, 6) is 1.43. The highest BCUT2D eigenvalue weighted by Crippen LogP contribution is 2.35. The lowest BCUT2D eigenvalue weighted by Crippen LogP contribution is -1.99. The van der Waals surface area contributed by atoms with E-state index in [1.807, 2.05) is 25.1 Å². The fraction of sp³-hybridized carbons (Fsp3) is 0.200. The van der Waals surface area contributed by atoms with Gasteiger partial charge in [-0.3, -0.25) is 0 Å². The van der Waals surface area contributed by atoms with Crippen molar-refractivity contribution in [2.24, 2.45) is 0 Å². The van der Waals surface area contributed by atoms with Crippen LogP contribution < -0.4 is 14.8 Å². The molecule has 0 bridgehead atoms. The Bertz CT molecular complexity index is 799. The zero-order chi connectivity index (χ0) is 15.0. The SMILES string of the molecule is Cc1cc(S(C)(=O)=O)ccc1Nc1ccc2c(c1)OCO2. The number of hydrogen-bond acceptors (Lipinski definition) is 5. The molecule has 0 saturated heterocycles. The highest BCUT2D eigenvalue weighted by atomic mass is 32.2. The molecule has 0 aromatic heterocycles. The van der Waals surface area contributed by atoms with E-state index >= 15 is 0 Å². The summed E-state index contributed by atoms with van der Waals surface area (Å²) in [7, 11) is -3.19. The second-order valence-corrected chi connectivity index (χ2v) is 6.96. The van der Waals surface area contributed by atoms with E-state index in [4.69, 9.17) is 9.47 Å². The lowest BCUT2D eigenvalue weighted by atomic mass is 10.2. The van der Waals surface area contributed by atoms with Gasteiger partial charge in [0.15, 0.2) is 21.3 Å². The van der Waals surface area contributed by atoms with Crippen LogP contribution in [0.1, 0.15) is 5.56 Å². The van der Waals surface area contributed by atoms with Crippen molar-refractivity contribution < 1.29 is 17.9 Å². The molecule has 3 rings (SSSR count). The molecule has 0 spiro atoms. The van der Waals surface area contributed by atoms with Crippen molar-refractivity contribution in [1.29, 1.82) is 0 Å². The van der Waals surface area contributed by atoms with Gasteiger partial charge in [0, 0.05) is 23.7 Å². The molecule has 110 valence electrons. The first-order chi connectivity index (χ1) is 9.93. The van der Waals surface area contributed by atoms with Crippen molar-refractivity contribution in [3.8, 4) is 11.5 Å². The van der Waals surface area contributed by atoms with E-state index in [-0.39, 0.29) is 6.79 Å². The second kappa shape index (κ2) is 4.96. The molecule has 0 fully saturated rings. The summed E-state index contributed by atoms with van der Waals surface area (Å²) >= 11 is 0. The Labute approximate surface area is 123 Å². The topological polar surface area (TPSA) is 64.6 Å². The minimum atomic E-state index is -3.19. The fourth-order valence-electron chi connectivity index (χ4n) is 2.14. The molecule has 1 aliphatic heterocycles. The number of benzene rings is 2. The number of anilines is 2. The molecule has 0 unspecified atom stereocenters. The summed E-state index contributed by atoms with van der Waals surface area (Å²) in [5, 5.41) is 3.25. The average molecular weight is 305 g/mol. The molecule has 0 saturated carbocycles. The third-order valence-corrected chi connectivity index (χ3v) is 4.39. The minimum absolute atomic E-state index is 0.237. The molecule has 0 aliphatic carbocycles. The Morgan fingerprint density at radius 3 is 2.52 bits per heavy atom. The smallest absolute Gasteiger partial charge is 0.231 e. The molecule has 0 atom stereocenters. The largest absolute Gasteiger partial charge is 0.454 e. The Morgan fingerprint density at radius 1 is 1.05 bits per heavy atom. The number of hydrogen-bond donors (Lipinski definition) is 1. The molecule has 0 amide bonds. The first-order valence-electron chi connectivity index (χ1n) is 6.41. The number of aryl methyl sites for hydroxylation is 1. The molecule has 2 aromatic carbocycles. The van der Waals surface area contributed by atoms with E-state index in [9.17, 15) is 8.42 Å². The number of nitrogens with one attached hydrogen (secondary N) is 1. The van der Waals surface area contributed by atoms with E-state index in [0.717, 1.165) is 22.7 Å². The molecule has 5 nitrogen and oxygen atoms in total. The van der Waals surface area contributed by atoms with Crippen molar-refractivity contribution in [2.45, 2.75) is 11.8 Å². The van der Waals surface area contributed by atoms with Gasteiger partial charge in [-0.25, -0.2) is 8.42 Å². The van der Waals surface area contributed by atoms with Crippen molar-refractivity contribution in [1.82, 2.24) is 0 Å². The molecule has 1 heterocycles. The van der Waals surface area contributed by atoms with Gasteiger partial charge in [0.25, 0.3) is 0 Å². The Kier molecular flexibility index (Phi) is 3.25. The Balaban J connectivity index is 1.88. The van der Waals surface area contributed by atoms with E-state index in [2.05, 4.69) is 5.32 Å². The van der Waals surface area contributed by atoms with Gasteiger partial charge in [0.1, 0.15) is 0 Å². The predicted molar refractivity (Wildman–Crippen MR) is 80.1 cm³/mol. The van der Waals surface area contributed by atoms with Crippen LogP contribution in [0.2, 0.25) is 0 Å². The van der Waals surface area contributed by atoms with Gasteiger partial charge in [-0.1, -0.05) is 0 Å². The predicted octanol–water partition coefficient (Wildman–Crippen LogP) is 2.87. The van der Waals surface area contributed by atoms with Crippen LogP contribution in [0.25, 0.3) is 0 Å². The van der Waals surface area contributed by atoms with Crippen molar-refractivity contribution in [3.05, 3.63) is 42.0 Å². The van der Waals surface area contributed by atoms with Crippen LogP contribution in [0.5, 0.6) is 11.5 Å². The standard InChI is InChI=1S/C15H15NO4S/c1-10-7-12(21(2,17)18)4-5-13(10)16-11-3-6-14-15(8-11)20-9-19-14/h3-8,16H,9H2,1-2H3. The molecule has 21 heavy (non-hydrogen) atoms. The van der Waals surface area contributed by atoms with Gasteiger partial charge < -0.3 is 14.8 Å². The van der Waals surface area contributed by atoms with Crippen molar-refractivity contribution in [3.63, 3.8) is 0 Å². The summed E-state index contributed by atoms with van der Waals surface area (Å²) < 4.78 is 33.7. The average Bonchev–Trinajstić information content (AvgIpc) is 2.87. The van der Waals surface area contributed by atoms with Crippen LogP contribution in [0, 0.1) is 6.92 Å². The Hall–Kier alpha value is -2.21. The number of ether oxygens (including phenoxy) is 2. The fourth-order valence-corrected chi connectivity index (χ4v) is 2.84. The maximum Gasteiger partial charge on any atom is 0.231 e. The maximum atomic E-state index is 11.5. The van der Waals surface area contributed by atoms with Crippen molar-refractivity contribution in [2.75, 3.05) is 18.4 Å². The molecular weight excluding hydrogens is 290 g/mol. The zero-order valence-electron chi connectivity index (χ0n) is 11.7. The quantitative estimate of drug-likeness (QED) is 0.944. The molecule has 1 N–H and O–H groups in total. The minimum Gasteiger partial charge on any atom is -0.454 e. The van der Waals surface area contributed by atoms with Crippen LogP contribution in [0.3, 0.4) is 0 Å². The highest BCUT2D eigenvalue weighted by molar-refractivity contribution is 7.90. The summed E-state index contributed by atoms with van der Waals surface area (Å²) in [4.78, 5) is 0.316. The monoisotopic (exact) mass is 305 g/mol. The van der Waals surface area contributed by atoms with E-state index in [1.165, 1.54) is 6.26 Å². The van der Waals surface area contributed by atoms with Gasteiger partial charge in [-0.05, 0) is 42.8 Å². The van der Waals surface area contributed by atoms with Crippen LogP contribution in [-0.2, 0) is 9.84 Å². The second-order valence-electron chi connectivity index (χ2n) is 4.94. The van der Waals surface area contributed by atoms with E-state index in [1.54, 1.807) is 18.2 Å². The third-order valence-electron chi connectivity index (χ3n) is 3.28. The lowest BCUT2D eigenvalue weighted by Gasteiger charge is -2.11. The van der Waals surface area contributed by atoms with E-state index < -0.39 is 9.84 Å². The molecular formula is C15H15NO4S. The number of rotatable bonds is 3. The van der Waals surface area contributed by atoms with Crippen LogP contribution in [0.4, 0.5) is 11.4 Å². The van der Waals surface area contributed by atoms with Gasteiger partial charge in [-0.2, -0.15) is 0 Å². The molecule has 1 aliphatic rings. The highest BCUT2D eigenvalue weighted by Gasteiger charge is 2.14. The normalized spacial score (nSPS) is 13.2. The number of fused-ring (bicyclic) bond motifs is 1. The first-order valence-corrected chi connectivity index (χ1v) is 8.30. The van der Waals surface area contributed by atoms with Crippen LogP contribution >= 0.6 is 0 Å². The zero-order valence-corrected chi connectivity index (χ0v) is 12.5. The number of sulfone groups is 1. The van der Waals surface area contributed by atoms with Gasteiger partial charge in [0.2, 0.25) is 6.79 Å². The first kappa shape index (κ1) is 13.8. The maximum absolute atomic E-state index is 11.5. The van der Waals surface area contributed by atoms with Crippen molar-refractivity contribution >= 4 is 21.2 Å². The molecule has 0 radical (unpaired) electrons. The van der Waals surface area contributed by atoms with Gasteiger partial charge >= 0.3 is 0 Å². The van der Waals surface area contributed by atoms with Crippen LogP contribution in [0.15, 0.2) is 41.3 Å². The summed E-state index contributed by atoms with van der Waals surface area (Å²) in [5.41, 5.74) is 2.56. The van der Waals surface area contributed by atoms with E-state index in [0.29, 0.717) is 10.6 Å². The Morgan fingerprint density at radius 2 is 1.81 bits per heavy atom. The van der Waals surface area contributed by atoms with Gasteiger partial charge in [-0.15, -0.1) is 0 Å². The summed E-state index contributed by atoms with van der Waals surface area (Å²) in [6.07, 6.45) is 1.20. The molecule has 6 heteroatoms. The lowest BCUT2D eigenvalue weighted by molar-refractivity contribution is 0.174. The van der Waals surface area contributed by atoms with Gasteiger partial charge in [0.05, 0.1) is 4.90 Å². The molecule has 2 aromatic rings.